The Bertz CT molecular complexity index is 5870. The molecule has 688 valence electrons. The average Bonchev–Trinajstić information content (AvgIpc) is 1.55. The first kappa shape index (κ1) is 96.2. The van der Waals surface area contributed by atoms with Crippen LogP contribution in [0.5, 0.6) is 0 Å². The van der Waals surface area contributed by atoms with Gasteiger partial charge in [0.15, 0.2) is 24.9 Å². The molecule has 4 fully saturated rings. The second-order valence-electron chi connectivity index (χ2n) is 21.7. The Hall–Kier alpha value is -4.40. The number of hydrogen-bond donors (Lipinski definition) is 28. The zero-order valence-corrected chi connectivity index (χ0v) is 66.6. The highest BCUT2D eigenvalue weighted by molar-refractivity contribution is 7.68. The summed E-state index contributed by atoms with van der Waals surface area (Å²) in [5, 5.41) is 79.4. The topological polar surface area (TPSA) is 1060 Å². The molecule has 4 aromatic heterocycles. The molecule has 0 amide bonds. The van der Waals surface area contributed by atoms with Crippen molar-refractivity contribution in [2.75, 3.05) is 26.3 Å². The highest BCUT2D eigenvalue weighted by Gasteiger charge is 2.62. The van der Waals surface area contributed by atoms with E-state index in [1.54, 1.807) is 19.9 Å². The largest absolute Gasteiger partial charge is 0.490 e. The number of H-pyrrole nitrogens is 4. The van der Waals surface area contributed by atoms with Gasteiger partial charge < -0.3 is 138 Å². The molecular weight excluding hydrogens is 1950 g/mol. The number of halogens is 4. The fraction of sp³-hybridized carbons (Fsp3) is 0.556. The molecule has 4 saturated heterocycles. The van der Waals surface area contributed by atoms with Crippen LogP contribution >= 0.6 is 93.9 Å². The number of aromatic amines is 4. The third kappa shape index (κ3) is 31.0. The Labute approximate surface area is 657 Å². The fourth-order valence-electron chi connectivity index (χ4n) is 8.16. The number of rotatable bonds is 32. The molecule has 4 aromatic rings. The van der Waals surface area contributed by atoms with Gasteiger partial charge in [-0.25, -0.2) is 91.5 Å². The summed E-state index contributed by atoms with van der Waals surface area (Å²) in [7, 11) is -71.2. The molecule has 28 N–H and O–H groups in total. The molecule has 8 rings (SSSR count). The van der Waals surface area contributed by atoms with Crippen LogP contribution in [0.1, 0.15) is 33.1 Å². The van der Waals surface area contributed by atoms with Gasteiger partial charge in [-0.15, -0.1) is 0 Å². The summed E-state index contributed by atoms with van der Waals surface area (Å²) in [5.74, 6) is -16.0. The van der Waals surface area contributed by atoms with Crippen molar-refractivity contribution in [1.82, 2.24) is 38.2 Å². The lowest BCUT2D eigenvalue weighted by Crippen LogP contribution is -2.43. The molecular formula is C36H56F4N8O60P12. The summed E-state index contributed by atoms with van der Waals surface area (Å²) in [6.45, 7) is -12.4. The summed E-state index contributed by atoms with van der Waals surface area (Å²) in [6, 6.07) is 2.79. The van der Waals surface area contributed by atoms with E-state index < -0.39 is 262 Å². The summed E-state index contributed by atoms with van der Waals surface area (Å²) in [5.41, 5.74) is -9.05. The van der Waals surface area contributed by atoms with Crippen molar-refractivity contribution in [2.24, 2.45) is 0 Å². The number of nitrogens with zero attached hydrogens (tertiary/aromatic N) is 4. The minimum Gasteiger partial charge on any atom is -0.385 e. The molecule has 0 bridgehead atoms. The molecule has 4 aliphatic rings. The second kappa shape index (κ2) is 38.7. The second-order valence-corrected chi connectivity index (χ2v) is 39.2. The van der Waals surface area contributed by atoms with Gasteiger partial charge >= 0.3 is 117 Å². The number of phosphoric acid groups is 12. The van der Waals surface area contributed by atoms with E-state index in [-0.39, 0.29) is 9.13 Å². The van der Waals surface area contributed by atoms with Crippen LogP contribution < -0.4 is 45.0 Å². The number of ether oxygens (including phenoxy) is 4. The van der Waals surface area contributed by atoms with Crippen molar-refractivity contribution in [3.05, 3.63) is 132 Å². The first-order valence-electron chi connectivity index (χ1n) is 31.5. The quantitative estimate of drug-likeness (QED) is 0.0159. The van der Waals surface area contributed by atoms with E-state index in [4.69, 9.17) is 66.9 Å². The van der Waals surface area contributed by atoms with Crippen LogP contribution in [0.25, 0.3) is 0 Å². The lowest BCUT2D eigenvalue weighted by atomic mass is 10.1. The molecule has 8 heterocycles. The Morgan fingerprint density at radius 3 is 0.800 bits per heavy atom. The molecule has 4 aliphatic heterocycles. The van der Waals surface area contributed by atoms with Crippen LogP contribution in [0, 0.1) is 0 Å². The van der Waals surface area contributed by atoms with Gasteiger partial charge in [0.1, 0.15) is 75.2 Å². The first-order chi connectivity index (χ1) is 56.0. The third-order valence-corrected chi connectivity index (χ3v) is 27.5. The number of nitrogens with one attached hydrogen (secondary N) is 4. The lowest BCUT2D eigenvalue weighted by Gasteiger charge is -2.24. The zero-order valence-electron chi connectivity index (χ0n) is 61.9. The molecule has 24 atom stereocenters. The molecule has 68 nitrogen and oxygen atoms in total. The SMILES string of the molecule is O=c1ccn([C@@H]2O[C@](F)(COP(=O)(O)OP(=O)(O)OP(=O)(O)O)[C@@H](O)[C@H]2O)c(=O)[nH]1.[2H]C([2H])(OP(=O)(O)OP(=O)(O)OP(=O)(O)O)[C@@]1(F)O[C@@H](n2ccc(=O)[nH]c2=O)[C@H](O)[C@@H]1O.[2H]C([2H])(OP(=O)(O)OP(=O)(O)OP(=O)(O)O)[C@@]1(F)O[C@@]([2H])(n2ccc(=O)[nH]c2=O)[C@H](O)[C@@H]1O.[2H][C@@]1(n2ccc(=O)[nH]c2=O)O[C@](F)(COP(=O)(O)OP(=O)(O)OP(=O)(O)O)[C@@H](O)[C@H]1O. The number of aromatic nitrogens is 8. The van der Waals surface area contributed by atoms with Crippen LogP contribution in [-0.2, 0) is 126 Å². The number of phosphoric ester groups is 4. The Morgan fingerprint density at radius 1 is 0.325 bits per heavy atom. The van der Waals surface area contributed by atoms with E-state index in [0.29, 0.717) is 45.9 Å². The van der Waals surface area contributed by atoms with Crippen molar-refractivity contribution in [3.63, 3.8) is 0 Å². The number of hydrogen-bond acceptors (Lipinski definition) is 44. The van der Waals surface area contributed by atoms with Gasteiger partial charge in [-0.3, -0.25) is 75.5 Å². The Balaban J connectivity index is 0.000000298. The molecule has 0 saturated carbocycles. The maximum Gasteiger partial charge on any atom is 0.490 e. The van der Waals surface area contributed by atoms with Crippen molar-refractivity contribution < 1.29 is 271 Å². The highest BCUT2D eigenvalue weighted by atomic mass is 31.3. The van der Waals surface area contributed by atoms with Gasteiger partial charge in [-0.1, -0.05) is 0 Å². The van der Waals surface area contributed by atoms with Crippen LogP contribution in [0.15, 0.2) is 87.4 Å². The number of aliphatic hydroxyl groups is 8. The monoisotopic (exact) mass is 2010 g/mol. The molecule has 120 heavy (non-hydrogen) atoms. The van der Waals surface area contributed by atoms with Crippen LogP contribution in [-0.4, -0.2) is 256 Å². The normalized spacial score (nSPS) is 33.4. The van der Waals surface area contributed by atoms with E-state index in [0.717, 1.165) is 12.3 Å². The Kier molecular flexibility index (Phi) is 31.0. The third-order valence-electron chi connectivity index (χ3n) is 12.6. The summed E-state index contributed by atoms with van der Waals surface area (Å²) in [6.07, 6.45) is -29.5. The van der Waals surface area contributed by atoms with Gasteiger partial charge in [0.2, 0.25) is 0 Å². The van der Waals surface area contributed by atoms with E-state index >= 15 is 8.78 Å². The first-order valence-corrected chi connectivity index (χ1v) is 46.6. The predicted octanol–water partition coefficient (Wildman–Crippen LogP) is -8.81. The summed E-state index contributed by atoms with van der Waals surface area (Å²) >= 11 is 0. The van der Waals surface area contributed by atoms with Crippen LogP contribution in [0.3, 0.4) is 0 Å². The van der Waals surface area contributed by atoms with Gasteiger partial charge in [0, 0.05) is 49.1 Å². The van der Waals surface area contributed by atoms with Gasteiger partial charge in [0.25, 0.3) is 45.7 Å². The van der Waals surface area contributed by atoms with Crippen molar-refractivity contribution in [2.45, 2.75) is 97.1 Å². The van der Waals surface area contributed by atoms with E-state index in [2.05, 4.69) is 71.5 Å². The Morgan fingerprint density at radius 2 is 0.533 bits per heavy atom. The molecule has 0 aromatic carbocycles. The standard InChI is InChI=1S/4C9H14FN2O15P3/c4*10-9(3-24-29(20,21)27-30(22,23)26-28(17,18)19)6(15)5(14)7(25-9)12-2-1-4(13)11-8(12)16/h4*1-2,5-7,14-15H,3H2,(H,20,21)(H,22,23)(H,11,13,16)(H2,17,18,19)/t4*5-,6+,7-,9-/m1111/s1/i3D2,7D;7D;3D2;. The van der Waals surface area contributed by atoms with Crippen molar-refractivity contribution in [3.8, 4) is 0 Å². The molecule has 0 radical (unpaired) electrons. The molecule has 0 aliphatic carbocycles. The summed E-state index contributed by atoms with van der Waals surface area (Å²) in [4.78, 5) is 239. The predicted molar refractivity (Wildman–Crippen MR) is 348 cm³/mol. The summed E-state index contributed by atoms with van der Waals surface area (Å²) < 4.78 is 302. The minimum atomic E-state index is -6.34. The van der Waals surface area contributed by atoms with Gasteiger partial charge in [-0.2, -0.15) is 34.5 Å². The molecule has 0 spiro atoms. The van der Waals surface area contributed by atoms with E-state index in [1.807, 2.05) is 0 Å². The fourth-order valence-corrected chi connectivity index (χ4v) is 20.0. The van der Waals surface area contributed by atoms with Crippen molar-refractivity contribution >= 4 is 93.9 Å². The molecule has 84 heteroatoms. The zero-order chi connectivity index (χ0) is 97.9. The van der Waals surface area contributed by atoms with E-state index in [1.165, 1.54) is 0 Å². The number of alkyl halides is 4. The van der Waals surface area contributed by atoms with Crippen LogP contribution in [0.4, 0.5) is 17.6 Å². The lowest BCUT2D eigenvalue weighted by molar-refractivity contribution is -0.205. The van der Waals surface area contributed by atoms with E-state index in [9.17, 15) is 162 Å². The number of aliphatic hydroxyl groups excluding tert-OH is 8. The van der Waals surface area contributed by atoms with Crippen LogP contribution in [0.2, 0.25) is 0 Å². The maximum atomic E-state index is 15.3. The highest BCUT2D eigenvalue weighted by Crippen LogP contribution is 2.70. The van der Waals surface area contributed by atoms with Crippen molar-refractivity contribution in [1.29, 1.82) is 0 Å². The molecule has 8 unspecified atom stereocenters. The smallest absolute Gasteiger partial charge is 0.385 e. The van der Waals surface area contributed by atoms with Gasteiger partial charge in [0.05, 0.1) is 8.22 Å². The van der Waals surface area contributed by atoms with Gasteiger partial charge in [-0.05, 0) is 0 Å². The average molecular weight is 2010 g/mol. The minimum absolute atomic E-state index is 0.00449. The maximum absolute atomic E-state index is 15.3.